The van der Waals surface area contributed by atoms with Crippen LogP contribution in [0.25, 0.3) is 44.4 Å². The molecule has 0 saturated heterocycles. The van der Waals surface area contributed by atoms with E-state index in [2.05, 4.69) is 124 Å². The minimum atomic E-state index is 0. The van der Waals surface area contributed by atoms with Crippen LogP contribution in [0.3, 0.4) is 0 Å². The number of fused-ring (bicyclic) bond motifs is 3. The van der Waals surface area contributed by atoms with E-state index < -0.39 is 0 Å². The van der Waals surface area contributed by atoms with E-state index in [1.54, 1.807) is 17.8 Å². The van der Waals surface area contributed by atoms with E-state index in [0.29, 0.717) is 5.92 Å². The second kappa shape index (κ2) is 14.5. The molecule has 0 bridgehead atoms. The number of para-hydroxylation sites is 2. The summed E-state index contributed by atoms with van der Waals surface area (Å²) in [6.45, 7) is 14.8. The number of aromatic nitrogens is 4. The number of pyridine rings is 1. The molecular formula is C41H40N4OPdS. The van der Waals surface area contributed by atoms with E-state index in [0.717, 1.165) is 34.0 Å². The fourth-order valence-electron chi connectivity index (χ4n) is 6.41. The second-order valence-corrected chi connectivity index (χ2v) is 13.3. The number of benzene rings is 4. The molecule has 48 heavy (non-hydrogen) atoms. The van der Waals surface area contributed by atoms with Gasteiger partial charge in [0.05, 0.1) is 5.69 Å². The van der Waals surface area contributed by atoms with Crippen molar-refractivity contribution in [1.29, 1.82) is 0 Å². The normalized spacial score (nSPS) is 11.1. The number of thioether (sulfide) groups is 1. The minimum Gasteiger partial charge on any atom is -0.534 e. The van der Waals surface area contributed by atoms with Crippen molar-refractivity contribution in [3.05, 3.63) is 131 Å². The zero-order valence-corrected chi connectivity index (χ0v) is 31.0. The fraction of sp³-hybridized carbons (Fsp3) is 0.220. The molecule has 0 aliphatic carbocycles. The molecule has 7 aromatic rings. The van der Waals surface area contributed by atoms with Gasteiger partial charge in [0.2, 0.25) is 0 Å². The molecule has 0 atom stereocenters. The quantitative estimate of drug-likeness (QED) is 0.108. The molecule has 4 aromatic carbocycles. The molecule has 3 aromatic heterocycles. The monoisotopic (exact) mass is 742 g/mol. The molecule has 5 nitrogen and oxygen atoms in total. The molecule has 7 heteroatoms. The molecule has 0 unspecified atom stereocenters. The van der Waals surface area contributed by atoms with Gasteiger partial charge >= 0.3 is 20.4 Å². The number of aromatic hydroxyl groups is 1. The smallest absolute Gasteiger partial charge is 0.534 e. The third-order valence-corrected chi connectivity index (χ3v) is 9.37. The van der Waals surface area contributed by atoms with Gasteiger partial charge in [-0.15, -0.1) is 40.9 Å². The second-order valence-electron chi connectivity index (χ2n) is 12.4. The van der Waals surface area contributed by atoms with Crippen molar-refractivity contribution >= 4 is 33.6 Å². The third-order valence-electron chi connectivity index (χ3n) is 8.66. The van der Waals surface area contributed by atoms with Crippen LogP contribution in [0.15, 0.2) is 90.0 Å². The van der Waals surface area contributed by atoms with E-state index in [1.807, 2.05) is 36.0 Å². The molecule has 0 aliphatic heterocycles. The Balaban J connectivity index is 0.000000191. The van der Waals surface area contributed by atoms with Gasteiger partial charge < -0.3 is 9.67 Å². The van der Waals surface area contributed by atoms with Crippen molar-refractivity contribution in [2.24, 2.45) is 0 Å². The van der Waals surface area contributed by atoms with Crippen LogP contribution >= 0.6 is 11.8 Å². The van der Waals surface area contributed by atoms with Gasteiger partial charge in [0.25, 0.3) is 0 Å². The summed E-state index contributed by atoms with van der Waals surface area (Å²) in [7, 11) is 0. The van der Waals surface area contributed by atoms with Gasteiger partial charge in [-0.2, -0.15) is 29.4 Å². The number of hydrogen-bond donors (Lipinski definition) is 1. The Labute approximate surface area is 301 Å². The third kappa shape index (κ3) is 6.73. The first-order valence-corrected chi connectivity index (χ1v) is 17.1. The molecule has 7 rings (SSSR count). The molecular weight excluding hydrogens is 703 g/mol. The van der Waals surface area contributed by atoms with Crippen LogP contribution in [0.4, 0.5) is 0 Å². The topological polar surface area (TPSA) is 55.9 Å². The largest absolute Gasteiger partial charge is 2.00 e. The zero-order valence-electron chi connectivity index (χ0n) is 28.6. The summed E-state index contributed by atoms with van der Waals surface area (Å²) in [6.07, 6.45) is 3.96. The number of aryl methyl sites for hydroxylation is 4. The Hall–Kier alpha value is -4.15. The Kier molecular flexibility index (Phi) is 10.7. The van der Waals surface area contributed by atoms with Crippen molar-refractivity contribution in [3.63, 3.8) is 0 Å². The first-order chi connectivity index (χ1) is 22.6. The number of nitrogens with zero attached hydrogens (tertiary/aromatic N) is 4. The van der Waals surface area contributed by atoms with Crippen LogP contribution in [-0.2, 0) is 20.4 Å². The zero-order chi connectivity index (χ0) is 33.4. The van der Waals surface area contributed by atoms with Gasteiger partial charge in [0.15, 0.2) is 0 Å². The molecule has 1 N–H and O–H groups in total. The molecule has 0 fully saturated rings. The summed E-state index contributed by atoms with van der Waals surface area (Å²) in [5, 5.41) is 17.4. The van der Waals surface area contributed by atoms with Gasteiger partial charge in [-0.25, -0.2) is 4.98 Å². The summed E-state index contributed by atoms with van der Waals surface area (Å²) in [6, 6.07) is 33.4. The standard InChI is InChI=1S/C23H27N2OS.C18H13N2.Pd/c1-13(2)18-10-19(12-20(26)11-18)25-17(6)23(16(5)24-25)22-14(3)8-21(27-7)9-15(22)4;1-13-10-11-19-18(12-13)20-16-8-4-2-6-14(16)15-7-3-5-9-17(15)20;/h8-11,13,26H,1-7H3;2-8,10-12H,1H3;/q2*-1;+2. The Morgan fingerprint density at radius 3 is 2.23 bits per heavy atom. The average molecular weight is 743 g/mol. The maximum atomic E-state index is 10.1. The van der Waals surface area contributed by atoms with E-state index in [4.69, 9.17) is 5.10 Å². The minimum absolute atomic E-state index is 0. The van der Waals surface area contributed by atoms with Crippen LogP contribution in [0.1, 0.15) is 53.4 Å². The summed E-state index contributed by atoms with van der Waals surface area (Å²) in [5.41, 5.74) is 12.3. The number of phenols is 1. The Morgan fingerprint density at radius 1 is 0.833 bits per heavy atom. The molecule has 0 radical (unpaired) electrons. The van der Waals surface area contributed by atoms with E-state index in [9.17, 15) is 5.11 Å². The molecule has 246 valence electrons. The van der Waals surface area contributed by atoms with E-state index >= 15 is 0 Å². The van der Waals surface area contributed by atoms with Crippen LogP contribution < -0.4 is 0 Å². The van der Waals surface area contributed by atoms with Crippen molar-refractivity contribution in [3.8, 4) is 28.4 Å². The fourth-order valence-corrected chi connectivity index (χ4v) is 7.00. The van der Waals surface area contributed by atoms with Crippen LogP contribution in [0.2, 0.25) is 0 Å². The number of hydrogen-bond acceptors (Lipinski definition) is 4. The van der Waals surface area contributed by atoms with Crippen LogP contribution in [0, 0.1) is 46.8 Å². The number of rotatable bonds is 5. The molecule has 3 heterocycles. The SMILES string of the molecule is CSc1cc(C)c(-c2c(C)nn(-c3[c-]c(O)cc(C(C)C)c3)c2C)c(C)c1.Cc1ccnc(-n2c3[c-]cccc3c3ccccc32)c1.[Pd+2]. The maximum Gasteiger partial charge on any atom is 2.00 e. The predicted octanol–water partition coefficient (Wildman–Crippen LogP) is 10.4. The van der Waals surface area contributed by atoms with Crippen molar-refractivity contribution in [1.82, 2.24) is 19.3 Å². The van der Waals surface area contributed by atoms with Crippen molar-refractivity contribution in [2.75, 3.05) is 6.26 Å². The molecule has 0 aliphatic rings. The summed E-state index contributed by atoms with van der Waals surface area (Å²) < 4.78 is 4.08. The van der Waals surface area contributed by atoms with Gasteiger partial charge in [0.1, 0.15) is 5.82 Å². The van der Waals surface area contributed by atoms with Gasteiger partial charge in [-0.05, 0) is 110 Å². The molecule has 0 amide bonds. The molecule has 0 saturated carbocycles. The summed E-state index contributed by atoms with van der Waals surface area (Å²) >= 11 is 1.76. The summed E-state index contributed by atoms with van der Waals surface area (Å²) in [5.74, 6) is 1.42. The predicted molar refractivity (Wildman–Crippen MR) is 196 cm³/mol. The van der Waals surface area contributed by atoms with E-state index in [-0.39, 0.29) is 26.2 Å². The summed E-state index contributed by atoms with van der Waals surface area (Å²) in [4.78, 5) is 5.80. The first-order valence-electron chi connectivity index (χ1n) is 15.9. The molecule has 0 spiro atoms. The Morgan fingerprint density at radius 2 is 1.54 bits per heavy atom. The first kappa shape index (κ1) is 35.2. The van der Waals surface area contributed by atoms with Crippen molar-refractivity contribution in [2.45, 2.75) is 59.3 Å². The van der Waals surface area contributed by atoms with Gasteiger partial charge in [-0.1, -0.05) is 37.6 Å². The van der Waals surface area contributed by atoms with Crippen LogP contribution in [-0.4, -0.2) is 30.7 Å². The average Bonchev–Trinajstić information content (AvgIpc) is 3.54. The van der Waals surface area contributed by atoms with Crippen molar-refractivity contribution < 1.29 is 25.5 Å². The van der Waals surface area contributed by atoms with E-state index in [1.165, 1.54) is 49.0 Å². The van der Waals surface area contributed by atoms with Gasteiger partial charge in [0, 0.05) is 33.6 Å². The number of phenolic OH excluding ortho intramolecular Hbond substituents is 1. The maximum absolute atomic E-state index is 10.1. The van der Waals surface area contributed by atoms with Gasteiger partial charge in [-0.3, -0.25) is 4.68 Å². The Bertz CT molecular complexity index is 2170. The van der Waals surface area contributed by atoms with Crippen LogP contribution in [0.5, 0.6) is 5.75 Å².